The molecule has 2 aromatic rings. The molecular weight excluding hydrogens is 242 g/mol. The number of thioether (sulfide) groups is 1. The van der Waals surface area contributed by atoms with E-state index >= 15 is 0 Å². The summed E-state index contributed by atoms with van der Waals surface area (Å²) >= 11 is 1.53. The Morgan fingerprint density at radius 2 is 1.89 bits per heavy atom. The van der Waals surface area contributed by atoms with Crippen LogP contribution in [-0.2, 0) is 0 Å². The van der Waals surface area contributed by atoms with Crippen LogP contribution in [-0.4, -0.2) is 7.11 Å². The first-order chi connectivity index (χ1) is 8.83. The summed E-state index contributed by atoms with van der Waals surface area (Å²) in [6.07, 6.45) is 0. The second-order valence-corrected chi connectivity index (χ2v) is 4.90. The SMILES string of the molecule is COc1cccc(SC(C#N)c2ccccc2)c1. The molecule has 0 saturated heterocycles. The predicted molar refractivity (Wildman–Crippen MR) is 73.6 cm³/mol. The minimum Gasteiger partial charge on any atom is -0.497 e. The number of hydrogen-bond acceptors (Lipinski definition) is 3. The Balaban J connectivity index is 2.19. The van der Waals surface area contributed by atoms with Crippen molar-refractivity contribution in [2.45, 2.75) is 10.1 Å². The summed E-state index contributed by atoms with van der Waals surface area (Å²) < 4.78 is 5.18. The standard InChI is InChI=1S/C15H13NOS/c1-17-13-8-5-9-14(10-13)18-15(11-16)12-6-3-2-4-7-12/h2-10,15H,1H3. The Hall–Kier alpha value is -1.92. The molecule has 0 heterocycles. The quantitative estimate of drug-likeness (QED) is 0.773. The summed E-state index contributed by atoms with van der Waals surface area (Å²) in [5.41, 5.74) is 1.02. The van der Waals surface area contributed by atoms with Gasteiger partial charge in [0.25, 0.3) is 0 Å². The van der Waals surface area contributed by atoms with Crippen molar-refractivity contribution in [1.29, 1.82) is 5.26 Å². The van der Waals surface area contributed by atoms with Crippen LogP contribution >= 0.6 is 11.8 Å². The van der Waals surface area contributed by atoms with E-state index in [1.54, 1.807) is 7.11 Å². The number of methoxy groups -OCH3 is 1. The number of nitriles is 1. The minimum atomic E-state index is -0.196. The molecule has 0 aliphatic carbocycles. The molecule has 0 bridgehead atoms. The molecule has 2 rings (SSSR count). The smallest absolute Gasteiger partial charge is 0.121 e. The van der Waals surface area contributed by atoms with Crippen LogP contribution in [0.5, 0.6) is 5.75 Å². The van der Waals surface area contributed by atoms with Gasteiger partial charge in [-0.25, -0.2) is 0 Å². The van der Waals surface area contributed by atoms with Crippen LogP contribution in [0.4, 0.5) is 0 Å². The maximum atomic E-state index is 9.27. The van der Waals surface area contributed by atoms with Gasteiger partial charge in [0.05, 0.1) is 13.2 Å². The monoisotopic (exact) mass is 255 g/mol. The average molecular weight is 255 g/mol. The molecular formula is C15H13NOS. The highest BCUT2D eigenvalue weighted by Gasteiger charge is 2.11. The van der Waals surface area contributed by atoms with E-state index in [0.29, 0.717) is 0 Å². The van der Waals surface area contributed by atoms with E-state index in [9.17, 15) is 5.26 Å². The van der Waals surface area contributed by atoms with E-state index in [0.717, 1.165) is 16.2 Å². The van der Waals surface area contributed by atoms with E-state index in [-0.39, 0.29) is 5.25 Å². The Morgan fingerprint density at radius 1 is 1.11 bits per heavy atom. The molecule has 18 heavy (non-hydrogen) atoms. The first kappa shape index (κ1) is 12.5. The molecule has 0 amide bonds. The van der Waals surface area contributed by atoms with Gasteiger partial charge in [-0.2, -0.15) is 5.26 Å². The molecule has 1 unspecified atom stereocenters. The Bertz CT molecular complexity index is 548. The molecule has 0 aliphatic heterocycles. The van der Waals surface area contributed by atoms with Crippen LogP contribution in [0.25, 0.3) is 0 Å². The van der Waals surface area contributed by atoms with E-state index in [1.165, 1.54) is 11.8 Å². The predicted octanol–water partition coefficient (Wildman–Crippen LogP) is 4.05. The maximum Gasteiger partial charge on any atom is 0.121 e. The summed E-state index contributed by atoms with van der Waals surface area (Å²) in [6, 6.07) is 19.9. The van der Waals surface area contributed by atoms with Crippen molar-refractivity contribution >= 4 is 11.8 Å². The Kier molecular flexibility index (Phi) is 4.27. The van der Waals surface area contributed by atoms with Gasteiger partial charge in [0.2, 0.25) is 0 Å². The topological polar surface area (TPSA) is 33.0 Å². The average Bonchev–Trinajstić information content (AvgIpc) is 2.46. The van der Waals surface area contributed by atoms with Crippen LogP contribution in [0.3, 0.4) is 0 Å². The summed E-state index contributed by atoms with van der Waals surface area (Å²) in [4.78, 5) is 1.03. The molecule has 0 aromatic heterocycles. The van der Waals surface area contributed by atoms with Crippen LogP contribution < -0.4 is 4.74 Å². The van der Waals surface area contributed by atoms with Crippen molar-refractivity contribution in [3.8, 4) is 11.8 Å². The number of rotatable bonds is 4. The third-order valence-corrected chi connectivity index (χ3v) is 3.65. The van der Waals surface area contributed by atoms with Gasteiger partial charge in [0.1, 0.15) is 11.0 Å². The third-order valence-electron chi connectivity index (χ3n) is 2.51. The number of nitrogens with zero attached hydrogens (tertiary/aromatic N) is 1. The van der Waals surface area contributed by atoms with Gasteiger partial charge in [0.15, 0.2) is 0 Å². The fourth-order valence-electron chi connectivity index (χ4n) is 1.61. The molecule has 2 aromatic carbocycles. The number of ether oxygens (including phenoxy) is 1. The van der Waals surface area contributed by atoms with Crippen LogP contribution in [0.15, 0.2) is 59.5 Å². The molecule has 0 radical (unpaired) electrons. The van der Waals surface area contributed by atoms with Gasteiger partial charge in [-0.1, -0.05) is 36.4 Å². The third kappa shape index (κ3) is 3.06. The van der Waals surface area contributed by atoms with Crippen molar-refractivity contribution in [2.75, 3.05) is 7.11 Å². The zero-order valence-electron chi connectivity index (χ0n) is 10.0. The van der Waals surface area contributed by atoms with Gasteiger partial charge in [-0.05, 0) is 23.8 Å². The van der Waals surface area contributed by atoms with Crippen molar-refractivity contribution in [1.82, 2.24) is 0 Å². The summed E-state index contributed by atoms with van der Waals surface area (Å²) in [5, 5.41) is 9.07. The zero-order valence-corrected chi connectivity index (χ0v) is 10.9. The summed E-state index contributed by atoms with van der Waals surface area (Å²) in [5.74, 6) is 0.810. The number of benzene rings is 2. The Morgan fingerprint density at radius 3 is 2.56 bits per heavy atom. The van der Waals surface area contributed by atoms with Crippen molar-refractivity contribution in [2.24, 2.45) is 0 Å². The van der Waals surface area contributed by atoms with Gasteiger partial charge < -0.3 is 4.74 Å². The second kappa shape index (κ2) is 6.13. The summed E-state index contributed by atoms with van der Waals surface area (Å²) in [6.45, 7) is 0. The molecule has 90 valence electrons. The molecule has 1 atom stereocenters. The molecule has 0 N–H and O–H groups in total. The minimum absolute atomic E-state index is 0.196. The second-order valence-electron chi connectivity index (χ2n) is 3.72. The van der Waals surface area contributed by atoms with Gasteiger partial charge in [-0.15, -0.1) is 11.8 Å². The largest absolute Gasteiger partial charge is 0.497 e. The van der Waals surface area contributed by atoms with Crippen molar-refractivity contribution < 1.29 is 4.74 Å². The Labute approximate surface area is 111 Å². The fourth-order valence-corrected chi connectivity index (χ4v) is 2.57. The highest BCUT2D eigenvalue weighted by atomic mass is 32.2. The molecule has 2 nitrogen and oxygen atoms in total. The van der Waals surface area contributed by atoms with Crippen molar-refractivity contribution in [3.05, 3.63) is 60.2 Å². The van der Waals surface area contributed by atoms with Crippen LogP contribution in [0.1, 0.15) is 10.8 Å². The fraction of sp³-hybridized carbons (Fsp3) is 0.133. The molecule has 0 spiro atoms. The van der Waals surface area contributed by atoms with Gasteiger partial charge in [-0.3, -0.25) is 0 Å². The van der Waals surface area contributed by atoms with Crippen LogP contribution in [0.2, 0.25) is 0 Å². The molecule has 3 heteroatoms. The lowest BCUT2D eigenvalue weighted by molar-refractivity contribution is 0.413. The lowest BCUT2D eigenvalue weighted by atomic mass is 10.2. The first-order valence-electron chi connectivity index (χ1n) is 5.59. The highest BCUT2D eigenvalue weighted by Crippen LogP contribution is 2.35. The van der Waals surface area contributed by atoms with Crippen LogP contribution in [0, 0.1) is 11.3 Å². The zero-order chi connectivity index (χ0) is 12.8. The number of hydrogen-bond donors (Lipinski definition) is 0. The van der Waals surface area contributed by atoms with Gasteiger partial charge >= 0.3 is 0 Å². The van der Waals surface area contributed by atoms with Crippen molar-refractivity contribution in [3.63, 3.8) is 0 Å². The van der Waals surface area contributed by atoms with E-state index in [1.807, 2.05) is 54.6 Å². The van der Waals surface area contributed by atoms with Gasteiger partial charge in [0, 0.05) is 4.90 Å². The highest BCUT2D eigenvalue weighted by molar-refractivity contribution is 7.99. The lowest BCUT2D eigenvalue weighted by Crippen LogP contribution is -1.90. The first-order valence-corrected chi connectivity index (χ1v) is 6.46. The normalized spacial score (nSPS) is 11.6. The maximum absolute atomic E-state index is 9.27. The van der Waals surface area contributed by atoms with E-state index < -0.39 is 0 Å². The molecule has 0 aliphatic rings. The van der Waals surface area contributed by atoms with E-state index in [4.69, 9.17) is 4.74 Å². The van der Waals surface area contributed by atoms with E-state index in [2.05, 4.69) is 6.07 Å². The molecule has 0 saturated carbocycles. The molecule has 0 fully saturated rings. The summed E-state index contributed by atoms with van der Waals surface area (Å²) in [7, 11) is 1.64. The lowest BCUT2D eigenvalue weighted by Gasteiger charge is -2.09.